The summed E-state index contributed by atoms with van der Waals surface area (Å²) in [6.45, 7) is 0.634. The standard InChI is InChI=1S/C23H22N6O2S/c1-30-13-12-20-21(16-8-10-17(31-2)11-9-16)28-29-22(26-27-23(29)32-20)19-14-18(24-25-19)15-6-4-3-5-7-15/h3-11,14,20H,12-13H2,1-2H3,(H,24,25). The van der Waals surface area contributed by atoms with Gasteiger partial charge in [-0.1, -0.05) is 42.1 Å². The second-order valence-corrected chi connectivity index (χ2v) is 8.42. The van der Waals surface area contributed by atoms with Crippen LogP contribution < -0.4 is 4.74 Å². The van der Waals surface area contributed by atoms with Crippen LogP contribution in [0.5, 0.6) is 5.75 Å². The van der Waals surface area contributed by atoms with E-state index in [2.05, 4.69) is 20.4 Å². The number of aromatic amines is 1. The first kappa shape index (κ1) is 20.5. The van der Waals surface area contributed by atoms with Crippen molar-refractivity contribution in [3.05, 3.63) is 66.2 Å². The number of ether oxygens (including phenoxy) is 2. The van der Waals surface area contributed by atoms with E-state index < -0.39 is 0 Å². The SMILES string of the molecule is COCCC1Sc2nnc(-c3cc(-c4ccccc4)n[nH]3)n2N=C1c1ccc(OC)cc1. The number of hydrogen-bond acceptors (Lipinski definition) is 7. The summed E-state index contributed by atoms with van der Waals surface area (Å²) in [6.07, 6.45) is 0.816. The normalized spacial score (nSPS) is 15.3. The molecule has 1 aliphatic rings. The molecular formula is C23H22N6O2S. The van der Waals surface area contributed by atoms with Gasteiger partial charge in [-0.2, -0.15) is 14.9 Å². The first-order chi connectivity index (χ1) is 15.8. The third-order valence-electron chi connectivity index (χ3n) is 5.23. The predicted molar refractivity (Wildman–Crippen MR) is 124 cm³/mol. The van der Waals surface area contributed by atoms with Gasteiger partial charge in [0.1, 0.15) is 11.4 Å². The quantitative estimate of drug-likeness (QED) is 0.460. The minimum absolute atomic E-state index is 0.106. The molecule has 0 fully saturated rings. The fourth-order valence-corrected chi connectivity index (χ4v) is 4.65. The fraction of sp³-hybridized carbons (Fsp3) is 0.217. The summed E-state index contributed by atoms with van der Waals surface area (Å²) in [5.74, 6) is 1.43. The highest BCUT2D eigenvalue weighted by Crippen LogP contribution is 2.35. The Kier molecular flexibility index (Phi) is 5.74. The molecule has 0 bridgehead atoms. The molecule has 0 spiro atoms. The Hall–Kier alpha value is -3.43. The number of fused-ring (bicyclic) bond motifs is 1. The molecule has 1 aliphatic heterocycles. The molecule has 2 aromatic carbocycles. The van der Waals surface area contributed by atoms with Gasteiger partial charge in [-0.05, 0) is 42.3 Å². The van der Waals surface area contributed by atoms with Crippen molar-refractivity contribution in [2.24, 2.45) is 5.10 Å². The second-order valence-electron chi connectivity index (χ2n) is 7.25. The van der Waals surface area contributed by atoms with Gasteiger partial charge in [0.05, 0.1) is 23.8 Å². The van der Waals surface area contributed by atoms with E-state index in [0.29, 0.717) is 12.4 Å². The number of H-pyrrole nitrogens is 1. The Labute approximate surface area is 189 Å². The molecule has 5 rings (SSSR count). The molecule has 0 amide bonds. The summed E-state index contributed by atoms with van der Waals surface area (Å²) in [5.41, 5.74) is 4.62. The second kappa shape index (κ2) is 8.97. The largest absolute Gasteiger partial charge is 0.497 e. The van der Waals surface area contributed by atoms with Gasteiger partial charge in [0, 0.05) is 19.3 Å². The Balaban J connectivity index is 1.53. The van der Waals surface area contributed by atoms with E-state index >= 15 is 0 Å². The van der Waals surface area contributed by atoms with Crippen molar-refractivity contribution in [3.8, 4) is 28.5 Å². The first-order valence-corrected chi connectivity index (χ1v) is 11.1. The third-order valence-corrected chi connectivity index (χ3v) is 6.44. The van der Waals surface area contributed by atoms with Gasteiger partial charge in [0.25, 0.3) is 0 Å². The molecule has 1 atom stereocenters. The van der Waals surface area contributed by atoms with E-state index in [1.165, 1.54) is 0 Å². The van der Waals surface area contributed by atoms with Crippen LogP contribution in [-0.2, 0) is 4.74 Å². The van der Waals surface area contributed by atoms with Crippen LogP contribution in [0.2, 0.25) is 0 Å². The molecule has 4 aromatic rings. The van der Waals surface area contributed by atoms with Crippen molar-refractivity contribution in [3.63, 3.8) is 0 Å². The van der Waals surface area contributed by atoms with Crippen LogP contribution in [0.25, 0.3) is 22.8 Å². The molecule has 3 heterocycles. The summed E-state index contributed by atoms with van der Waals surface area (Å²) < 4.78 is 12.4. The van der Waals surface area contributed by atoms with Gasteiger partial charge in [0.15, 0.2) is 0 Å². The van der Waals surface area contributed by atoms with Crippen LogP contribution in [-0.4, -0.2) is 56.9 Å². The molecular weight excluding hydrogens is 424 g/mol. The monoisotopic (exact) mass is 446 g/mol. The van der Waals surface area contributed by atoms with E-state index in [-0.39, 0.29) is 5.25 Å². The van der Waals surface area contributed by atoms with Gasteiger partial charge in [-0.25, -0.2) is 0 Å². The Morgan fingerprint density at radius 3 is 2.56 bits per heavy atom. The highest BCUT2D eigenvalue weighted by Gasteiger charge is 2.29. The average molecular weight is 447 g/mol. The molecule has 32 heavy (non-hydrogen) atoms. The number of rotatable bonds is 7. The zero-order valence-electron chi connectivity index (χ0n) is 17.7. The molecule has 0 radical (unpaired) electrons. The number of benzene rings is 2. The van der Waals surface area contributed by atoms with Gasteiger partial charge in [-0.15, -0.1) is 10.2 Å². The topological polar surface area (TPSA) is 90.2 Å². The maximum Gasteiger partial charge on any atom is 0.213 e. The van der Waals surface area contributed by atoms with Crippen LogP contribution in [0.15, 0.2) is 70.9 Å². The summed E-state index contributed by atoms with van der Waals surface area (Å²) in [6, 6.07) is 19.9. The minimum Gasteiger partial charge on any atom is -0.497 e. The van der Waals surface area contributed by atoms with E-state index in [1.54, 1.807) is 30.7 Å². The number of methoxy groups -OCH3 is 2. The van der Waals surface area contributed by atoms with Crippen molar-refractivity contribution in [1.82, 2.24) is 25.1 Å². The zero-order chi connectivity index (χ0) is 21.9. The van der Waals surface area contributed by atoms with Crippen molar-refractivity contribution in [1.29, 1.82) is 0 Å². The fourth-order valence-electron chi connectivity index (χ4n) is 3.57. The molecule has 162 valence electrons. The molecule has 0 aliphatic carbocycles. The van der Waals surface area contributed by atoms with Crippen LogP contribution in [0.4, 0.5) is 0 Å². The van der Waals surface area contributed by atoms with Gasteiger partial charge in [0.2, 0.25) is 11.0 Å². The van der Waals surface area contributed by atoms with Crippen molar-refractivity contribution in [2.75, 3.05) is 20.8 Å². The van der Waals surface area contributed by atoms with Crippen LogP contribution in [0, 0.1) is 0 Å². The molecule has 0 saturated heterocycles. The maximum atomic E-state index is 5.33. The molecule has 1 unspecified atom stereocenters. The Morgan fingerprint density at radius 2 is 1.81 bits per heavy atom. The Morgan fingerprint density at radius 1 is 1.00 bits per heavy atom. The summed E-state index contributed by atoms with van der Waals surface area (Å²) in [7, 11) is 3.37. The molecule has 9 heteroatoms. The summed E-state index contributed by atoms with van der Waals surface area (Å²) in [5, 5.41) is 22.1. The van der Waals surface area contributed by atoms with Crippen molar-refractivity contribution < 1.29 is 9.47 Å². The lowest BCUT2D eigenvalue weighted by molar-refractivity contribution is 0.197. The van der Waals surface area contributed by atoms with E-state index in [9.17, 15) is 0 Å². The highest BCUT2D eigenvalue weighted by molar-refractivity contribution is 8.00. The molecule has 8 nitrogen and oxygen atoms in total. The lowest BCUT2D eigenvalue weighted by atomic mass is 10.1. The predicted octanol–water partition coefficient (Wildman–Crippen LogP) is 4.11. The van der Waals surface area contributed by atoms with Crippen LogP contribution in [0.3, 0.4) is 0 Å². The van der Waals surface area contributed by atoms with Gasteiger partial charge < -0.3 is 9.47 Å². The number of nitrogens with zero attached hydrogens (tertiary/aromatic N) is 5. The minimum atomic E-state index is 0.106. The Bertz CT molecular complexity index is 1230. The van der Waals surface area contributed by atoms with E-state index in [1.807, 2.05) is 60.7 Å². The highest BCUT2D eigenvalue weighted by atomic mass is 32.2. The zero-order valence-corrected chi connectivity index (χ0v) is 18.5. The molecule has 1 N–H and O–H groups in total. The number of hydrogen-bond donors (Lipinski definition) is 1. The molecule has 2 aromatic heterocycles. The third kappa shape index (κ3) is 3.92. The van der Waals surface area contributed by atoms with Gasteiger partial charge >= 0.3 is 0 Å². The van der Waals surface area contributed by atoms with E-state index in [0.717, 1.165) is 45.6 Å². The van der Waals surface area contributed by atoms with Crippen molar-refractivity contribution in [2.45, 2.75) is 16.8 Å². The van der Waals surface area contributed by atoms with Crippen molar-refractivity contribution >= 4 is 17.5 Å². The summed E-state index contributed by atoms with van der Waals surface area (Å²) >= 11 is 1.64. The van der Waals surface area contributed by atoms with E-state index in [4.69, 9.17) is 14.6 Å². The first-order valence-electron chi connectivity index (χ1n) is 10.2. The van der Waals surface area contributed by atoms with Gasteiger partial charge in [-0.3, -0.25) is 5.10 Å². The average Bonchev–Trinajstić information content (AvgIpc) is 3.49. The number of nitrogens with one attached hydrogen (secondary N) is 1. The van der Waals surface area contributed by atoms with Crippen LogP contribution >= 0.6 is 11.8 Å². The molecule has 0 saturated carbocycles. The lowest BCUT2D eigenvalue weighted by Crippen LogP contribution is -2.25. The summed E-state index contributed by atoms with van der Waals surface area (Å²) in [4.78, 5) is 0. The smallest absolute Gasteiger partial charge is 0.213 e. The number of aromatic nitrogens is 5. The lowest BCUT2D eigenvalue weighted by Gasteiger charge is -2.23. The number of thioether (sulfide) groups is 1. The maximum absolute atomic E-state index is 5.33. The van der Waals surface area contributed by atoms with Crippen LogP contribution in [0.1, 0.15) is 12.0 Å².